The van der Waals surface area contributed by atoms with E-state index in [2.05, 4.69) is 42.2 Å². The summed E-state index contributed by atoms with van der Waals surface area (Å²) in [6.07, 6.45) is 2.63. The zero-order chi connectivity index (χ0) is 15.4. The average molecular weight is 290 g/mol. The Bertz CT molecular complexity index is 659. The highest BCUT2D eigenvalue weighted by molar-refractivity contribution is 5.70. The van der Waals surface area contributed by atoms with E-state index in [9.17, 15) is 5.26 Å². The Morgan fingerprint density at radius 2 is 1.73 bits per heavy atom. The van der Waals surface area contributed by atoms with Crippen LogP contribution in [0.1, 0.15) is 30.9 Å². The molecule has 3 rings (SSSR count). The number of piperidine rings is 1. The van der Waals surface area contributed by atoms with E-state index >= 15 is 0 Å². The van der Waals surface area contributed by atoms with Gasteiger partial charge in [-0.15, -0.1) is 0 Å². The van der Waals surface area contributed by atoms with E-state index in [4.69, 9.17) is 0 Å². The van der Waals surface area contributed by atoms with Crippen LogP contribution in [0.15, 0.2) is 48.5 Å². The molecule has 0 N–H and O–H groups in total. The van der Waals surface area contributed by atoms with Gasteiger partial charge >= 0.3 is 0 Å². The van der Waals surface area contributed by atoms with E-state index in [1.165, 1.54) is 31.5 Å². The molecular weight excluding hydrogens is 268 g/mol. The molecule has 1 aliphatic rings. The third-order valence-electron chi connectivity index (χ3n) is 4.59. The van der Waals surface area contributed by atoms with Crippen LogP contribution < -0.4 is 0 Å². The monoisotopic (exact) mass is 290 g/mol. The van der Waals surface area contributed by atoms with Crippen molar-refractivity contribution in [2.45, 2.75) is 26.3 Å². The fourth-order valence-electron chi connectivity index (χ4n) is 3.10. The lowest BCUT2D eigenvalue weighted by Gasteiger charge is -2.30. The van der Waals surface area contributed by atoms with Gasteiger partial charge in [0.05, 0.1) is 11.6 Å². The predicted octanol–water partition coefficient (Wildman–Crippen LogP) is 4.46. The number of likely N-dealkylation sites (tertiary alicyclic amines) is 1. The van der Waals surface area contributed by atoms with E-state index < -0.39 is 0 Å². The lowest BCUT2D eigenvalue weighted by molar-refractivity contribution is 0.185. The minimum Gasteiger partial charge on any atom is -0.299 e. The molecule has 2 aromatic carbocycles. The summed E-state index contributed by atoms with van der Waals surface area (Å²) in [6.45, 7) is 5.80. The van der Waals surface area contributed by atoms with Gasteiger partial charge in [0.15, 0.2) is 0 Å². The van der Waals surface area contributed by atoms with Crippen LogP contribution in [0.5, 0.6) is 0 Å². The fourth-order valence-corrected chi connectivity index (χ4v) is 3.10. The molecule has 0 atom stereocenters. The quantitative estimate of drug-likeness (QED) is 0.834. The second-order valence-electron chi connectivity index (χ2n) is 6.31. The minimum atomic E-state index is 0.736. The molecule has 0 unspecified atom stereocenters. The van der Waals surface area contributed by atoms with Gasteiger partial charge < -0.3 is 0 Å². The van der Waals surface area contributed by atoms with Crippen molar-refractivity contribution < 1.29 is 0 Å². The molecule has 0 bridgehead atoms. The first-order valence-electron chi connectivity index (χ1n) is 8.07. The maximum Gasteiger partial charge on any atom is 0.0998 e. The number of rotatable bonds is 3. The Morgan fingerprint density at radius 3 is 2.41 bits per heavy atom. The van der Waals surface area contributed by atoms with Gasteiger partial charge in [0, 0.05) is 6.54 Å². The highest BCUT2D eigenvalue weighted by Crippen LogP contribution is 2.24. The molecule has 1 heterocycles. The molecule has 2 nitrogen and oxygen atoms in total. The zero-order valence-corrected chi connectivity index (χ0v) is 13.1. The van der Waals surface area contributed by atoms with Crippen molar-refractivity contribution in [1.29, 1.82) is 5.26 Å². The second kappa shape index (κ2) is 6.77. The molecular formula is C20H22N2. The molecule has 0 aromatic heterocycles. The molecule has 0 aliphatic carbocycles. The molecule has 112 valence electrons. The van der Waals surface area contributed by atoms with Crippen molar-refractivity contribution in [3.8, 4) is 17.2 Å². The predicted molar refractivity (Wildman–Crippen MR) is 90.3 cm³/mol. The molecule has 0 spiro atoms. The fraction of sp³-hybridized carbons (Fsp3) is 0.350. The standard InChI is InChI=1S/C20H22N2/c1-16-10-12-22(13-11-16)15-17-6-8-18(9-7-17)20-5-3-2-4-19(20)14-21/h2-9,16H,10-13,15H2,1H3. The van der Waals surface area contributed by atoms with Crippen LogP contribution in [0.25, 0.3) is 11.1 Å². The first-order chi connectivity index (χ1) is 10.8. The summed E-state index contributed by atoms with van der Waals surface area (Å²) in [5, 5.41) is 9.22. The molecule has 1 aliphatic heterocycles. The molecule has 0 amide bonds. The summed E-state index contributed by atoms with van der Waals surface area (Å²) in [6, 6.07) is 18.7. The number of hydrogen-bond donors (Lipinski definition) is 0. The van der Waals surface area contributed by atoms with Gasteiger partial charge in [-0.25, -0.2) is 0 Å². The van der Waals surface area contributed by atoms with E-state index in [1.807, 2.05) is 24.3 Å². The van der Waals surface area contributed by atoms with Gasteiger partial charge in [-0.1, -0.05) is 49.4 Å². The van der Waals surface area contributed by atoms with Crippen molar-refractivity contribution >= 4 is 0 Å². The normalized spacial score (nSPS) is 16.4. The number of nitrogens with zero attached hydrogens (tertiary/aromatic N) is 2. The highest BCUT2D eigenvalue weighted by atomic mass is 15.1. The van der Waals surface area contributed by atoms with Crippen molar-refractivity contribution in [1.82, 2.24) is 4.90 Å². The first kappa shape index (κ1) is 14.8. The third-order valence-corrected chi connectivity index (χ3v) is 4.59. The van der Waals surface area contributed by atoms with E-state index in [1.54, 1.807) is 0 Å². The molecule has 0 radical (unpaired) electrons. The number of hydrogen-bond acceptors (Lipinski definition) is 2. The molecule has 2 aromatic rings. The van der Waals surface area contributed by atoms with Gasteiger partial charge in [0.25, 0.3) is 0 Å². The van der Waals surface area contributed by atoms with Crippen LogP contribution in [0.2, 0.25) is 0 Å². The first-order valence-corrected chi connectivity index (χ1v) is 8.07. The average Bonchev–Trinajstić information content (AvgIpc) is 2.58. The summed E-state index contributed by atoms with van der Waals surface area (Å²) in [5.41, 5.74) is 4.23. The van der Waals surface area contributed by atoms with Crippen LogP contribution in [0.3, 0.4) is 0 Å². The lowest BCUT2D eigenvalue weighted by atomic mass is 9.97. The highest BCUT2D eigenvalue weighted by Gasteiger charge is 2.15. The summed E-state index contributed by atoms with van der Waals surface area (Å²) < 4.78 is 0. The number of benzene rings is 2. The third kappa shape index (κ3) is 3.37. The smallest absolute Gasteiger partial charge is 0.0998 e. The van der Waals surface area contributed by atoms with Crippen LogP contribution in [0.4, 0.5) is 0 Å². The molecule has 2 heteroatoms. The van der Waals surface area contributed by atoms with Gasteiger partial charge in [0.2, 0.25) is 0 Å². The van der Waals surface area contributed by atoms with Gasteiger partial charge in [-0.05, 0) is 54.6 Å². The van der Waals surface area contributed by atoms with Gasteiger partial charge in [0.1, 0.15) is 0 Å². The summed E-state index contributed by atoms with van der Waals surface area (Å²) >= 11 is 0. The van der Waals surface area contributed by atoms with Crippen LogP contribution >= 0.6 is 0 Å². The lowest BCUT2D eigenvalue weighted by Crippen LogP contribution is -2.32. The minimum absolute atomic E-state index is 0.736. The Kier molecular flexibility index (Phi) is 4.56. The van der Waals surface area contributed by atoms with Crippen molar-refractivity contribution in [2.24, 2.45) is 5.92 Å². The maximum absolute atomic E-state index is 9.22. The number of nitriles is 1. The Morgan fingerprint density at radius 1 is 1.05 bits per heavy atom. The Labute approximate surface area is 133 Å². The Hall–Kier alpha value is -2.11. The van der Waals surface area contributed by atoms with Crippen LogP contribution in [0, 0.1) is 17.2 Å². The van der Waals surface area contributed by atoms with Gasteiger partial charge in [-0.3, -0.25) is 4.90 Å². The molecule has 22 heavy (non-hydrogen) atoms. The van der Waals surface area contributed by atoms with Crippen molar-refractivity contribution in [3.63, 3.8) is 0 Å². The van der Waals surface area contributed by atoms with Gasteiger partial charge in [-0.2, -0.15) is 5.26 Å². The maximum atomic E-state index is 9.22. The molecule has 1 saturated heterocycles. The topological polar surface area (TPSA) is 27.0 Å². The van der Waals surface area contributed by atoms with Crippen molar-refractivity contribution in [2.75, 3.05) is 13.1 Å². The zero-order valence-electron chi connectivity index (χ0n) is 13.1. The molecule has 0 saturated carbocycles. The summed E-state index contributed by atoms with van der Waals surface area (Å²) in [4.78, 5) is 2.54. The molecule has 1 fully saturated rings. The van der Waals surface area contributed by atoms with Crippen LogP contribution in [-0.2, 0) is 6.54 Å². The van der Waals surface area contributed by atoms with E-state index in [0.717, 1.165) is 29.2 Å². The van der Waals surface area contributed by atoms with Crippen LogP contribution in [-0.4, -0.2) is 18.0 Å². The summed E-state index contributed by atoms with van der Waals surface area (Å²) in [7, 11) is 0. The van der Waals surface area contributed by atoms with Crippen molar-refractivity contribution in [3.05, 3.63) is 59.7 Å². The van der Waals surface area contributed by atoms with E-state index in [0.29, 0.717) is 0 Å². The largest absolute Gasteiger partial charge is 0.299 e. The second-order valence-corrected chi connectivity index (χ2v) is 6.31. The Balaban J connectivity index is 1.72. The van der Waals surface area contributed by atoms with E-state index in [-0.39, 0.29) is 0 Å². The SMILES string of the molecule is CC1CCN(Cc2ccc(-c3ccccc3C#N)cc2)CC1. The summed E-state index contributed by atoms with van der Waals surface area (Å²) in [5.74, 6) is 0.876.